The normalized spacial score (nSPS) is 15.4. The van der Waals surface area contributed by atoms with Crippen molar-refractivity contribution in [1.29, 1.82) is 0 Å². The number of carbonyl (C=O) groups is 2. The van der Waals surface area contributed by atoms with Crippen molar-refractivity contribution >= 4 is 17.5 Å². The maximum atomic E-state index is 13.0. The molecule has 1 aliphatic carbocycles. The van der Waals surface area contributed by atoms with Crippen LogP contribution in [0.5, 0.6) is 5.75 Å². The molecule has 0 atom stereocenters. The lowest BCUT2D eigenvalue weighted by Crippen LogP contribution is -2.56. The van der Waals surface area contributed by atoms with Crippen molar-refractivity contribution in [3.05, 3.63) is 66.1 Å². The molecular weight excluding hydrogens is 394 g/mol. The first-order valence-corrected chi connectivity index (χ1v) is 10.7. The van der Waals surface area contributed by atoms with Crippen LogP contribution in [-0.4, -0.2) is 33.4 Å². The third-order valence-corrected chi connectivity index (χ3v) is 5.62. The molecule has 162 valence electrons. The molecule has 1 aromatic carbocycles. The fourth-order valence-electron chi connectivity index (χ4n) is 4.04. The lowest BCUT2D eigenvalue weighted by Gasteiger charge is -2.35. The molecule has 0 unspecified atom stereocenters. The highest BCUT2D eigenvalue weighted by Crippen LogP contribution is 2.30. The number of rotatable bonds is 7. The number of hydrogen-bond donors (Lipinski definition) is 1. The van der Waals surface area contributed by atoms with Gasteiger partial charge in [-0.05, 0) is 50.1 Å². The third-order valence-electron chi connectivity index (χ3n) is 5.62. The van der Waals surface area contributed by atoms with Crippen LogP contribution < -0.4 is 10.1 Å². The number of amides is 1. The van der Waals surface area contributed by atoms with Gasteiger partial charge in [-0.1, -0.05) is 31.4 Å². The largest absolute Gasteiger partial charge is 0.487 e. The van der Waals surface area contributed by atoms with E-state index in [9.17, 15) is 9.59 Å². The standard InChI is InChI=1S/C24H27N3O4/c1-2-30-23(29)24(12-5-3-6-13-24)26-22(28)18-9-8-10-20(15-18)31-17-19-16-27-14-7-4-11-21(27)25-19/h4,7-11,14-16H,2-3,5-6,12-13,17H2,1H3,(H,26,28). The molecule has 0 radical (unpaired) electrons. The third kappa shape index (κ3) is 4.71. The van der Waals surface area contributed by atoms with E-state index in [2.05, 4.69) is 10.3 Å². The van der Waals surface area contributed by atoms with E-state index in [1.807, 2.05) is 35.0 Å². The Labute approximate surface area is 181 Å². The molecule has 1 amide bonds. The van der Waals surface area contributed by atoms with Gasteiger partial charge in [0.2, 0.25) is 0 Å². The number of nitrogens with zero attached hydrogens (tertiary/aromatic N) is 2. The first-order chi connectivity index (χ1) is 15.1. The van der Waals surface area contributed by atoms with Crippen LogP contribution in [0.25, 0.3) is 5.65 Å². The number of carbonyl (C=O) groups excluding carboxylic acids is 2. The summed E-state index contributed by atoms with van der Waals surface area (Å²) in [6, 6.07) is 12.8. The monoisotopic (exact) mass is 421 g/mol. The van der Waals surface area contributed by atoms with Crippen molar-refractivity contribution in [3.8, 4) is 5.75 Å². The Morgan fingerprint density at radius 1 is 1.13 bits per heavy atom. The number of hydrogen-bond acceptors (Lipinski definition) is 5. The van der Waals surface area contributed by atoms with Gasteiger partial charge in [-0.2, -0.15) is 0 Å². The number of aromatic nitrogens is 2. The SMILES string of the molecule is CCOC(=O)C1(NC(=O)c2cccc(OCc3cn4ccccc4n3)c2)CCCCC1. The molecule has 1 N–H and O–H groups in total. The zero-order valence-electron chi connectivity index (χ0n) is 17.7. The van der Waals surface area contributed by atoms with E-state index in [4.69, 9.17) is 9.47 Å². The molecule has 0 aliphatic heterocycles. The fourth-order valence-corrected chi connectivity index (χ4v) is 4.04. The zero-order chi connectivity index (χ0) is 21.7. The van der Waals surface area contributed by atoms with Crippen molar-refractivity contribution in [2.75, 3.05) is 6.61 Å². The molecule has 2 heterocycles. The minimum absolute atomic E-state index is 0.291. The number of imidazole rings is 1. The van der Waals surface area contributed by atoms with E-state index in [-0.39, 0.29) is 11.9 Å². The van der Waals surface area contributed by atoms with Gasteiger partial charge in [-0.25, -0.2) is 9.78 Å². The number of nitrogens with one attached hydrogen (secondary N) is 1. The molecule has 2 aromatic heterocycles. The predicted molar refractivity (Wildman–Crippen MR) is 116 cm³/mol. The van der Waals surface area contributed by atoms with Gasteiger partial charge in [-0.15, -0.1) is 0 Å². The van der Waals surface area contributed by atoms with Crippen molar-refractivity contribution in [2.24, 2.45) is 0 Å². The summed E-state index contributed by atoms with van der Waals surface area (Å²) in [5.41, 5.74) is 1.15. The first kappa shape index (κ1) is 20.9. The first-order valence-electron chi connectivity index (χ1n) is 10.7. The van der Waals surface area contributed by atoms with Crippen LogP contribution in [-0.2, 0) is 16.1 Å². The summed E-state index contributed by atoms with van der Waals surface area (Å²) in [5, 5.41) is 2.97. The number of pyridine rings is 1. The lowest BCUT2D eigenvalue weighted by atomic mass is 9.81. The van der Waals surface area contributed by atoms with Gasteiger partial charge >= 0.3 is 5.97 Å². The molecule has 0 bridgehead atoms. The van der Waals surface area contributed by atoms with Crippen molar-refractivity contribution in [2.45, 2.75) is 51.2 Å². The molecule has 3 aromatic rings. The van der Waals surface area contributed by atoms with Crippen LogP contribution in [0.1, 0.15) is 55.1 Å². The zero-order valence-corrected chi connectivity index (χ0v) is 17.7. The maximum absolute atomic E-state index is 13.0. The Bertz CT molecular complexity index is 1040. The second kappa shape index (κ2) is 9.20. The average molecular weight is 421 g/mol. The molecule has 0 spiro atoms. The second-order valence-corrected chi connectivity index (χ2v) is 7.83. The Morgan fingerprint density at radius 2 is 1.97 bits per heavy atom. The fraction of sp³-hybridized carbons (Fsp3) is 0.375. The molecule has 1 aliphatic rings. The van der Waals surface area contributed by atoms with Gasteiger partial charge in [0.25, 0.3) is 5.91 Å². The second-order valence-electron chi connectivity index (χ2n) is 7.83. The summed E-state index contributed by atoms with van der Waals surface area (Å²) in [5.74, 6) is -0.0750. The minimum atomic E-state index is -0.946. The highest BCUT2D eigenvalue weighted by molar-refractivity contribution is 5.98. The van der Waals surface area contributed by atoms with Crippen LogP contribution in [0.15, 0.2) is 54.9 Å². The molecule has 7 nitrogen and oxygen atoms in total. The van der Waals surface area contributed by atoms with E-state index < -0.39 is 5.54 Å². The molecular formula is C24H27N3O4. The molecule has 7 heteroatoms. The van der Waals surface area contributed by atoms with Gasteiger partial charge in [0.05, 0.1) is 12.3 Å². The molecule has 31 heavy (non-hydrogen) atoms. The van der Waals surface area contributed by atoms with E-state index in [1.54, 1.807) is 31.2 Å². The number of fused-ring (bicyclic) bond motifs is 1. The summed E-state index contributed by atoms with van der Waals surface area (Å²) in [6.45, 7) is 2.36. The van der Waals surface area contributed by atoms with Crippen molar-refractivity contribution in [3.63, 3.8) is 0 Å². The molecule has 1 fully saturated rings. The van der Waals surface area contributed by atoms with E-state index >= 15 is 0 Å². The Morgan fingerprint density at radius 3 is 2.74 bits per heavy atom. The van der Waals surface area contributed by atoms with Crippen LogP contribution in [0.2, 0.25) is 0 Å². The van der Waals surface area contributed by atoms with Gasteiger partial charge in [-0.3, -0.25) is 4.79 Å². The maximum Gasteiger partial charge on any atom is 0.331 e. The number of ether oxygens (including phenoxy) is 2. The summed E-state index contributed by atoms with van der Waals surface area (Å²) in [6.07, 6.45) is 7.88. The van der Waals surface area contributed by atoms with E-state index in [1.165, 1.54) is 0 Å². The van der Waals surface area contributed by atoms with Crippen LogP contribution >= 0.6 is 0 Å². The summed E-state index contributed by atoms with van der Waals surface area (Å²) in [4.78, 5) is 30.1. The molecule has 1 saturated carbocycles. The predicted octanol–water partition coefficient (Wildman–Crippen LogP) is 3.91. The minimum Gasteiger partial charge on any atom is -0.487 e. The van der Waals surface area contributed by atoms with Gasteiger partial charge in [0.1, 0.15) is 23.5 Å². The average Bonchev–Trinajstić information content (AvgIpc) is 3.22. The number of benzene rings is 1. The smallest absolute Gasteiger partial charge is 0.331 e. The van der Waals surface area contributed by atoms with Crippen LogP contribution in [0.3, 0.4) is 0 Å². The Balaban J connectivity index is 1.45. The van der Waals surface area contributed by atoms with Crippen molar-refractivity contribution in [1.82, 2.24) is 14.7 Å². The Kier molecular flexibility index (Phi) is 6.21. The van der Waals surface area contributed by atoms with Gasteiger partial charge < -0.3 is 19.2 Å². The highest BCUT2D eigenvalue weighted by Gasteiger charge is 2.42. The summed E-state index contributed by atoms with van der Waals surface area (Å²) >= 11 is 0. The van der Waals surface area contributed by atoms with E-state index in [0.717, 1.165) is 30.6 Å². The topological polar surface area (TPSA) is 81.9 Å². The lowest BCUT2D eigenvalue weighted by molar-refractivity contribution is -0.152. The van der Waals surface area contributed by atoms with E-state index in [0.29, 0.717) is 37.4 Å². The van der Waals surface area contributed by atoms with Gasteiger partial charge in [0.15, 0.2) is 0 Å². The molecule has 0 saturated heterocycles. The number of esters is 1. The summed E-state index contributed by atoms with van der Waals surface area (Å²) in [7, 11) is 0. The quantitative estimate of drug-likeness (QED) is 0.585. The molecule has 4 rings (SSSR count). The van der Waals surface area contributed by atoms with Crippen LogP contribution in [0.4, 0.5) is 0 Å². The van der Waals surface area contributed by atoms with Crippen LogP contribution in [0, 0.1) is 0 Å². The Hall–Kier alpha value is -3.35. The van der Waals surface area contributed by atoms with Crippen molar-refractivity contribution < 1.29 is 19.1 Å². The highest BCUT2D eigenvalue weighted by atomic mass is 16.5. The summed E-state index contributed by atoms with van der Waals surface area (Å²) < 4.78 is 13.1. The van der Waals surface area contributed by atoms with Gasteiger partial charge in [0, 0.05) is 18.0 Å².